The number of pyridine rings is 12. The first-order valence-electron chi connectivity index (χ1n) is 49.5. The van der Waals surface area contributed by atoms with Gasteiger partial charge in [0.1, 0.15) is 46.0 Å². The van der Waals surface area contributed by atoms with E-state index in [2.05, 4.69) is 184 Å². The monoisotopic (exact) mass is 1980 g/mol. The van der Waals surface area contributed by atoms with E-state index in [1.807, 2.05) is 98.1 Å². The van der Waals surface area contributed by atoms with Gasteiger partial charge in [-0.25, -0.2) is 57.4 Å². The predicted octanol–water partition coefficient (Wildman–Crippen LogP) is 21.2. The van der Waals surface area contributed by atoms with E-state index in [1.165, 1.54) is 87.8 Å². The van der Waals surface area contributed by atoms with Crippen LogP contribution in [0.3, 0.4) is 0 Å². The summed E-state index contributed by atoms with van der Waals surface area (Å²) >= 11 is 0. The number of nitrogens with one attached hydrogen (secondary N) is 12. The second kappa shape index (κ2) is 41.5. The second-order valence-corrected chi connectivity index (χ2v) is 37.4. The van der Waals surface area contributed by atoms with Crippen molar-refractivity contribution >= 4 is 94.0 Å². The van der Waals surface area contributed by atoms with Gasteiger partial charge in [0, 0.05) is 218 Å². The van der Waals surface area contributed by atoms with Crippen molar-refractivity contribution in [3.05, 3.63) is 309 Å². The van der Waals surface area contributed by atoms with E-state index >= 15 is 0 Å². The van der Waals surface area contributed by atoms with Crippen molar-refractivity contribution in [2.45, 2.75) is 84.0 Å². The van der Waals surface area contributed by atoms with Crippen molar-refractivity contribution in [1.29, 1.82) is 0 Å². The van der Waals surface area contributed by atoms with Crippen LogP contribution in [0.2, 0.25) is 0 Å². The SMILES string of the molecule is CCNCc1cncc(-c2cnc3n[nH]c(-c4nc5c(-c6cccc(F)c6)cncc5[nH]4)c3c2)c1.Fc1cc(CN2CCNCC2)cc(-c2cncc3[nH]c(-c4[nH]nc5ncc(-c6cccnc6)cc45)nc23)c1.Fc1cccc(-c2cncc3[nH]c(-c4[nH]nc5ncc(-c6cncc(CNCC7CCCC7)c6)cc45)nc23)c1.Fc1cccc(-c2cncc3[nH]c(-c4[nH]nc5ncc(-c6cncc(NC7CCCC7)c6)cc45)nc23)c1. The van der Waals surface area contributed by atoms with E-state index < -0.39 is 0 Å². The maximum Gasteiger partial charge on any atom is 0.181 e. The lowest BCUT2D eigenvalue weighted by atomic mass is 10.0. The normalized spacial score (nSPS) is 13.6. The first kappa shape index (κ1) is 93.2. The van der Waals surface area contributed by atoms with Gasteiger partial charge in [0.25, 0.3) is 0 Å². The number of hydrogen-bond donors (Lipinski definition) is 12. The van der Waals surface area contributed by atoms with Gasteiger partial charge >= 0.3 is 0 Å². The quantitative estimate of drug-likeness (QED) is 0.0265. The molecule has 0 unspecified atom stereocenters. The molecule has 149 heavy (non-hydrogen) atoms. The maximum absolute atomic E-state index is 14.7. The van der Waals surface area contributed by atoms with Crippen molar-refractivity contribution in [2.75, 3.05) is 44.6 Å². The second-order valence-electron chi connectivity index (χ2n) is 37.4. The third-order valence-electron chi connectivity index (χ3n) is 27.3. The molecule has 21 heterocycles. The largest absolute Gasteiger partial charge is 0.381 e. The number of aromatic amines is 8. The van der Waals surface area contributed by atoms with Gasteiger partial charge in [-0.05, 0) is 187 Å². The molecule has 24 aromatic rings. The molecule has 0 spiro atoms. The lowest BCUT2D eigenvalue weighted by Gasteiger charge is -2.27. The Morgan fingerprint density at radius 3 is 1.12 bits per heavy atom. The van der Waals surface area contributed by atoms with E-state index in [-0.39, 0.29) is 23.3 Å². The number of nitrogens with zero attached hydrogens (tertiary/aromatic N) is 21. The summed E-state index contributed by atoms with van der Waals surface area (Å²) in [7, 11) is 0. The lowest BCUT2D eigenvalue weighted by molar-refractivity contribution is 0.233. The van der Waals surface area contributed by atoms with Crippen molar-refractivity contribution in [3.63, 3.8) is 0 Å². The summed E-state index contributed by atoms with van der Waals surface area (Å²) in [6.07, 6.45) is 46.0. The van der Waals surface area contributed by atoms with Crippen molar-refractivity contribution in [3.8, 4) is 135 Å². The van der Waals surface area contributed by atoms with Gasteiger partial charge in [-0.1, -0.05) is 75.1 Å². The highest BCUT2D eigenvalue weighted by molar-refractivity contribution is 6.02. The minimum absolute atomic E-state index is 0.269. The van der Waals surface area contributed by atoms with Crippen LogP contribution in [0.15, 0.2) is 270 Å². The highest BCUT2D eigenvalue weighted by Gasteiger charge is 2.26. The minimum atomic E-state index is -0.308. The Bertz CT molecular complexity index is 9020. The molecule has 1 saturated heterocycles. The van der Waals surface area contributed by atoms with Crippen molar-refractivity contribution < 1.29 is 17.6 Å². The molecule has 0 amide bonds. The highest BCUT2D eigenvalue weighted by atomic mass is 19.1. The van der Waals surface area contributed by atoms with Crippen molar-refractivity contribution in [2.24, 2.45) is 5.92 Å². The van der Waals surface area contributed by atoms with Crippen molar-refractivity contribution in [1.82, 2.24) is 161 Å². The Labute approximate surface area is 847 Å². The van der Waals surface area contributed by atoms with Gasteiger partial charge in [0.2, 0.25) is 0 Å². The Morgan fingerprint density at radius 1 is 0.329 bits per heavy atom. The van der Waals surface area contributed by atoms with Gasteiger partial charge in [-0.3, -0.25) is 65.2 Å². The summed E-state index contributed by atoms with van der Waals surface area (Å²) in [5, 5.41) is 47.1. The number of H-pyrrole nitrogens is 8. The predicted molar refractivity (Wildman–Crippen MR) is 567 cm³/mol. The summed E-state index contributed by atoms with van der Waals surface area (Å²) in [4.78, 5) is 88.3. The molecule has 33 nitrogen and oxygen atoms in total. The molecule has 27 rings (SSSR count). The fourth-order valence-electron chi connectivity index (χ4n) is 19.9. The molecule has 3 aliphatic rings. The average Bonchev–Trinajstić information content (AvgIpc) is 1.63. The number of anilines is 1. The molecule has 736 valence electrons. The van der Waals surface area contributed by atoms with Crippen LogP contribution in [-0.2, 0) is 19.6 Å². The molecule has 1 aliphatic heterocycles. The van der Waals surface area contributed by atoms with E-state index in [4.69, 9.17) is 19.9 Å². The Hall–Kier alpha value is -18.2. The van der Waals surface area contributed by atoms with E-state index in [0.717, 1.165) is 219 Å². The van der Waals surface area contributed by atoms with E-state index in [1.54, 1.807) is 105 Å². The summed E-state index contributed by atoms with van der Waals surface area (Å²) < 4.78 is 56.4. The molecule has 20 aromatic heterocycles. The third kappa shape index (κ3) is 20.0. The maximum atomic E-state index is 14.7. The zero-order valence-electron chi connectivity index (χ0n) is 80.5. The molecule has 2 saturated carbocycles. The van der Waals surface area contributed by atoms with Crippen LogP contribution >= 0.6 is 0 Å². The number of aromatic nitrogens is 28. The van der Waals surface area contributed by atoms with Crippen LogP contribution in [0.4, 0.5) is 23.2 Å². The Morgan fingerprint density at radius 2 is 0.698 bits per heavy atom. The van der Waals surface area contributed by atoms with Gasteiger partial charge in [0.05, 0.1) is 96.2 Å². The summed E-state index contributed by atoms with van der Waals surface area (Å²) in [6, 6.07) is 43.4. The minimum Gasteiger partial charge on any atom is -0.381 e. The van der Waals surface area contributed by atoms with Gasteiger partial charge in [-0.15, -0.1) is 0 Å². The molecular weight excluding hydrogens is 1880 g/mol. The summed E-state index contributed by atoms with van der Waals surface area (Å²) in [5.41, 5.74) is 28.9. The van der Waals surface area contributed by atoms with Crippen LogP contribution in [0.25, 0.3) is 223 Å². The summed E-state index contributed by atoms with van der Waals surface area (Å²) in [6.45, 7) is 10.1. The number of halogens is 4. The standard InChI is InChI=1S/C30H27FN8.C28H24FN9.C28H23FN8.C26H21FN8/c31-23-7-3-6-20(9-23)25-16-34-17-26-27(25)37-30(36-26)28-24-10-22(15-35-29(24)39-38-28)21-8-19(13-33-14-21)12-32-11-18-4-1-2-5-18;29-21-9-17(16-38-6-4-30-5-7-38)8-19(10-21)23-14-32-15-24-25(23)35-28(34-24)26-22-11-20(13-33-27(22)37-36-26)18-2-1-3-31-12-18;29-19-5-3-4-16(8-19)23-14-31-15-24-25(23)35-28(34-24)26-22-10-18(12-32-27(22)37-36-26)17-9-21(13-30-11-17)33-20-6-1-2-7-20;1-2-28-9-15-6-17(11-29-10-15)18-8-20-24(34-35-25(20)31-12-18)26-32-22-14-30-13-21(23(22)33-26)16-4-3-5-19(27)7-16/h3,6-10,13-18,32H,1-2,4-5,11-12H2,(H,36,37)(H,35,38,39);1-3,8-15,30H,4-7,16H2,(H,34,35)(H,33,36,37);3-5,8-15,20,33H,1-2,6-7H2,(H,34,35)(H,32,36,37);3-8,10-14,28H,2,9H2,1H3,(H,32,33)(H,31,34,35). The number of rotatable bonds is 23. The third-order valence-corrected chi connectivity index (χ3v) is 27.3. The first-order chi connectivity index (χ1) is 73.3. The molecule has 37 heteroatoms. The molecule has 0 atom stereocenters. The first-order valence-corrected chi connectivity index (χ1v) is 49.5. The van der Waals surface area contributed by atoms with Crippen LogP contribution in [0.5, 0.6) is 0 Å². The fraction of sp³-hybridized carbons (Fsp3) is 0.179. The number of benzene rings is 4. The van der Waals surface area contributed by atoms with Crippen LogP contribution in [0.1, 0.15) is 75.0 Å². The van der Waals surface area contributed by atoms with Crippen LogP contribution in [-0.4, -0.2) is 191 Å². The van der Waals surface area contributed by atoms with Crippen LogP contribution < -0.4 is 21.3 Å². The Balaban J connectivity index is 0.000000106. The fourth-order valence-corrected chi connectivity index (χ4v) is 19.9. The lowest BCUT2D eigenvalue weighted by Crippen LogP contribution is -2.42. The zero-order valence-corrected chi connectivity index (χ0v) is 80.5. The topological polar surface area (TPSA) is 435 Å². The molecular formula is C112H95F4N33. The Kier molecular flexibility index (Phi) is 25.9. The van der Waals surface area contributed by atoms with Gasteiger partial charge < -0.3 is 41.2 Å². The molecule has 0 radical (unpaired) electrons. The van der Waals surface area contributed by atoms with E-state index in [9.17, 15) is 17.6 Å². The van der Waals surface area contributed by atoms with Gasteiger partial charge in [0.15, 0.2) is 45.9 Å². The molecule has 2 aliphatic carbocycles. The number of hydrogen-bond acceptors (Lipinski definition) is 25. The van der Waals surface area contributed by atoms with E-state index in [0.29, 0.717) is 97.4 Å². The highest BCUT2D eigenvalue weighted by Crippen LogP contribution is 2.41. The molecule has 12 N–H and O–H groups in total. The van der Waals surface area contributed by atoms with Crippen LogP contribution in [0, 0.1) is 29.2 Å². The smallest absolute Gasteiger partial charge is 0.181 e. The number of piperazine rings is 1. The van der Waals surface area contributed by atoms with Gasteiger partial charge in [-0.2, -0.15) is 20.4 Å². The number of imidazole rings is 4. The summed E-state index contributed by atoms with van der Waals surface area (Å²) in [5.74, 6) is 2.04. The number of fused-ring (bicyclic) bond motifs is 8. The molecule has 4 aromatic carbocycles. The zero-order chi connectivity index (χ0) is 100. The molecule has 3 fully saturated rings. The average molecular weight is 1980 g/mol. The molecule has 0 bridgehead atoms.